The van der Waals surface area contributed by atoms with Crippen LogP contribution in [-0.2, 0) is 12.8 Å². The molecule has 3 heterocycles. The summed E-state index contributed by atoms with van der Waals surface area (Å²) in [5.74, 6) is 2.52. The summed E-state index contributed by atoms with van der Waals surface area (Å²) in [5, 5.41) is 5.11. The molecule has 1 aromatic carbocycles. The molecule has 0 aliphatic heterocycles. The molecule has 4 N–H and O–H groups in total. The van der Waals surface area contributed by atoms with Crippen LogP contribution < -0.4 is 20.9 Å². The first-order valence-electron chi connectivity index (χ1n) is 8.63. The van der Waals surface area contributed by atoms with Gasteiger partial charge in [0, 0.05) is 30.0 Å². The summed E-state index contributed by atoms with van der Waals surface area (Å²) in [6.45, 7) is 0. The van der Waals surface area contributed by atoms with Gasteiger partial charge in [0.1, 0.15) is 11.6 Å². The van der Waals surface area contributed by atoms with Gasteiger partial charge in [-0.15, -0.1) is 0 Å². The lowest BCUT2D eigenvalue weighted by molar-refractivity contribution is 0.352. The first-order chi connectivity index (χ1) is 13.6. The maximum absolute atomic E-state index is 6.15. The van der Waals surface area contributed by atoms with E-state index in [1.54, 1.807) is 31.8 Å². The van der Waals surface area contributed by atoms with Gasteiger partial charge in [0.15, 0.2) is 11.3 Å². The summed E-state index contributed by atoms with van der Waals surface area (Å²) >= 11 is 1.66. The van der Waals surface area contributed by atoms with Gasteiger partial charge in [-0.05, 0) is 40.1 Å². The number of furan rings is 1. The normalized spacial score (nSPS) is 11.1. The molecule has 0 saturated heterocycles. The molecule has 144 valence electrons. The minimum Gasteiger partial charge on any atom is -0.493 e. The molecule has 28 heavy (non-hydrogen) atoms. The molecule has 0 spiro atoms. The van der Waals surface area contributed by atoms with Gasteiger partial charge in [0.2, 0.25) is 11.7 Å². The molecule has 0 unspecified atom stereocenters. The van der Waals surface area contributed by atoms with E-state index in [2.05, 4.69) is 26.8 Å². The zero-order valence-corrected chi connectivity index (χ0v) is 16.4. The molecular formula is C20H20N4O3S. The summed E-state index contributed by atoms with van der Waals surface area (Å²) < 4.78 is 17.2. The first kappa shape index (κ1) is 18.1. The summed E-state index contributed by atoms with van der Waals surface area (Å²) in [5.41, 5.74) is 15.2. The minimum absolute atomic E-state index is 0.153. The van der Waals surface area contributed by atoms with E-state index in [0.29, 0.717) is 35.7 Å². The Balaban J connectivity index is 1.83. The van der Waals surface area contributed by atoms with Crippen LogP contribution in [0.1, 0.15) is 22.5 Å². The monoisotopic (exact) mass is 396 g/mol. The number of nitrogen functional groups attached to an aromatic ring is 2. The molecule has 0 aliphatic rings. The van der Waals surface area contributed by atoms with Crippen LogP contribution in [0.25, 0.3) is 11.0 Å². The van der Waals surface area contributed by atoms with Gasteiger partial charge in [-0.25, -0.2) is 4.98 Å². The van der Waals surface area contributed by atoms with Gasteiger partial charge in [0.25, 0.3) is 0 Å². The highest BCUT2D eigenvalue weighted by molar-refractivity contribution is 7.07. The molecule has 7 nitrogen and oxygen atoms in total. The van der Waals surface area contributed by atoms with Crippen molar-refractivity contribution >= 4 is 34.1 Å². The van der Waals surface area contributed by atoms with Crippen molar-refractivity contribution < 1.29 is 13.9 Å². The fourth-order valence-corrected chi connectivity index (χ4v) is 3.88. The average molecular weight is 396 g/mol. The van der Waals surface area contributed by atoms with Crippen LogP contribution in [0, 0.1) is 0 Å². The lowest BCUT2D eigenvalue weighted by Crippen LogP contribution is -2.04. The van der Waals surface area contributed by atoms with Gasteiger partial charge >= 0.3 is 0 Å². The maximum atomic E-state index is 6.15. The highest BCUT2D eigenvalue weighted by Gasteiger charge is 2.20. The molecular weight excluding hydrogens is 376 g/mol. The zero-order chi connectivity index (χ0) is 19.7. The number of hydrogen-bond donors (Lipinski definition) is 2. The number of aromatic nitrogens is 2. The lowest BCUT2D eigenvalue weighted by Gasteiger charge is -2.12. The van der Waals surface area contributed by atoms with Crippen LogP contribution >= 0.6 is 11.3 Å². The highest BCUT2D eigenvalue weighted by atomic mass is 32.1. The SMILES string of the molecule is COc1cc(Cc2cnc(N)nc2N)c2cc(Cc3ccsc3)oc2c1OC. The molecule has 0 saturated carbocycles. The third-order valence-corrected chi connectivity index (χ3v) is 5.28. The van der Waals surface area contributed by atoms with E-state index in [1.807, 2.05) is 12.1 Å². The van der Waals surface area contributed by atoms with E-state index in [4.69, 9.17) is 25.4 Å². The number of nitrogens with zero attached hydrogens (tertiary/aromatic N) is 2. The van der Waals surface area contributed by atoms with E-state index in [9.17, 15) is 0 Å². The number of hydrogen-bond acceptors (Lipinski definition) is 8. The number of anilines is 2. The van der Waals surface area contributed by atoms with Crippen molar-refractivity contribution in [2.75, 3.05) is 25.7 Å². The van der Waals surface area contributed by atoms with Crippen molar-refractivity contribution in [1.29, 1.82) is 0 Å². The number of ether oxygens (including phenoxy) is 2. The van der Waals surface area contributed by atoms with Crippen LogP contribution in [0.15, 0.2) is 39.6 Å². The van der Waals surface area contributed by atoms with Gasteiger partial charge in [-0.1, -0.05) is 0 Å². The number of methoxy groups -OCH3 is 2. The molecule has 4 rings (SSSR count). The average Bonchev–Trinajstić information content (AvgIpc) is 3.33. The Bertz CT molecular complexity index is 1120. The van der Waals surface area contributed by atoms with Crippen molar-refractivity contribution in [2.24, 2.45) is 0 Å². The molecule has 0 amide bonds. The second kappa shape index (κ2) is 7.40. The summed E-state index contributed by atoms with van der Waals surface area (Å²) in [6.07, 6.45) is 2.86. The minimum atomic E-state index is 0.153. The third-order valence-electron chi connectivity index (χ3n) is 4.54. The van der Waals surface area contributed by atoms with Crippen LogP contribution in [0.5, 0.6) is 11.5 Å². The Labute approximate surface area is 165 Å². The molecule has 3 aromatic heterocycles. The Morgan fingerprint density at radius 1 is 1.11 bits per heavy atom. The highest BCUT2D eigenvalue weighted by Crippen LogP contribution is 2.41. The van der Waals surface area contributed by atoms with Crippen molar-refractivity contribution in [3.05, 3.63) is 57.6 Å². The summed E-state index contributed by atoms with van der Waals surface area (Å²) in [4.78, 5) is 8.10. The second-order valence-corrected chi connectivity index (χ2v) is 7.13. The molecule has 0 aliphatic carbocycles. The predicted molar refractivity (Wildman–Crippen MR) is 110 cm³/mol. The molecule has 0 bridgehead atoms. The smallest absolute Gasteiger partial charge is 0.221 e. The van der Waals surface area contributed by atoms with E-state index in [0.717, 1.165) is 22.3 Å². The Kier molecular flexibility index (Phi) is 4.79. The third kappa shape index (κ3) is 3.34. The largest absolute Gasteiger partial charge is 0.493 e. The predicted octanol–water partition coefficient (Wildman–Crippen LogP) is 3.65. The van der Waals surface area contributed by atoms with Crippen molar-refractivity contribution in [1.82, 2.24) is 9.97 Å². The van der Waals surface area contributed by atoms with Crippen molar-refractivity contribution in [3.63, 3.8) is 0 Å². The summed E-state index contributed by atoms with van der Waals surface area (Å²) in [6, 6.07) is 6.06. The van der Waals surface area contributed by atoms with E-state index in [-0.39, 0.29) is 5.95 Å². The Hall–Kier alpha value is -3.26. The number of benzene rings is 1. The van der Waals surface area contributed by atoms with Crippen LogP contribution in [-0.4, -0.2) is 24.2 Å². The fourth-order valence-electron chi connectivity index (χ4n) is 3.21. The van der Waals surface area contributed by atoms with E-state index in [1.165, 1.54) is 5.56 Å². The topological polar surface area (TPSA) is 109 Å². The quantitative estimate of drug-likeness (QED) is 0.512. The molecule has 4 aromatic rings. The van der Waals surface area contributed by atoms with Crippen LogP contribution in [0.3, 0.4) is 0 Å². The van der Waals surface area contributed by atoms with Gasteiger partial charge < -0.3 is 25.4 Å². The molecule has 0 radical (unpaired) electrons. The number of nitrogens with two attached hydrogens (primary N) is 2. The summed E-state index contributed by atoms with van der Waals surface area (Å²) in [7, 11) is 3.20. The first-order valence-corrected chi connectivity index (χ1v) is 9.57. The van der Waals surface area contributed by atoms with Gasteiger partial charge in [0.05, 0.1) is 14.2 Å². The lowest BCUT2D eigenvalue weighted by atomic mass is 10.0. The van der Waals surface area contributed by atoms with E-state index >= 15 is 0 Å². The van der Waals surface area contributed by atoms with Gasteiger partial charge in [-0.3, -0.25) is 0 Å². The zero-order valence-electron chi connectivity index (χ0n) is 15.6. The van der Waals surface area contributed by atoms with Crippen molar-refractivity contribution in [2.45, 2.75) is 12.8 Å². The van der Waals surface area contributed by atoms with Crippen molar-refractivity contribution in [3.8, 4) is 11.5 Å². The number of rotatable bonds is 6. The standard InChI is InChI=1S/C20H20N4O3S/c1-25-16-7-12(6-13-9-23-20(22)24-19(13)21)15-8-14(5-11-3-4-28-10-11)27-17(15)18(16)26-2/h3-4,7-10H,5-6H2,1-2H3,(H4,21,22,23,24). The molecule has 0 atom stereocenters. The second-order valence-electron chi connectivity index (χ2n) is 6.35. The number of thiophene rings is 1. The molecule has 8 heteroatoms. The molecule has 0 fully saturated rings. The Morgan fingerprint density at radius 3 is 2.64 bits per heavy atom. The fraction of sp³-hybridized carbons (Fsp3) is 0.200. The Morgan fingerprint density at radius 2 is 1.96 bits per heavy atom. The van der Waals surface area contributed by atoms with Crippen LogP contribution in [0.2, 0.25) is 0 Å². The number of fused-ring (bicyclic) bond motifs is 1. The maximum Gasteiger partial charge on any atom is 0.221 e. The van der Waals surface area contributed by atoms with E-state index < -0.39 is 0 Å². The van der Waals surface area contributed by atoms with Gasteiger partial charge in [-0.2, -0.15) is 16.3 Å². The van der Waals surface area contributed by atoms with Crippen LogP contribution in [0.4, 0.5) is 11.8 Å².